The van der Waals surface area contributed by atoms with Crippen LogP contribution in [0, 0.1) is 6.92 Å². The maximum atomic E-state index is 11.4. The number of amides is 1. The molecule has 0 saturated heterocycles. The summed E-state index contributed by atoms with van der Waals surface area (Å²) in [7, 11) is 0. The Labute approximate surface area is 125 Å². The SMILES string of the molecule is Cc1cccc(C(O)c2ccc3c(c2)CC(=O)N3)c1Br. The molecule has 3 nitrogen and oxygen atoms in total. The largest absolute Gasteiger partial charge is 0.384 e. The molecular weight excluding hydrogens is 318 g/mol. The van der Waals surface area contributed by atoms with E-state index in [2.05, 4.69) is 21.2 Å². The van der Waals surface area contributed by atoms with Gasteiger partial charge in [-0.25, -0.2) is 0 Å². The van der Waals surface area contributed by atoms with Crippen LogP contribution in [0.4, 0.5) is 5.69 Å². The minimum absolute atomic E-state index is 0.00313. The third-order valence-corrected chi connectivity index (χ3v) is 4.67. The normalized spacial score (nSPS) is 14.8. The number of aryl methyl sites for hydroxylation is 1. The van der Waals surface area contributed by atoms with Crippen LogP contribution in [0.1, 0.15) is 28.4 Å². The van der Waals surface area contributed by atoms with Crippen LogP contribution in [0.3, 0.4) is 0 Å². The highest BCUT2D eigenvalue weighted by atomic mass is 79.9. The molecule has 1 aliphatic heterocycles. The summed E-state index contributed by atoms with van der Waals surface area (Å²) in [6, 6.07) is 11.4. The zero-order valence-corrected chi connectivity index (χ0v) is 12.6. The van der Waals surface area contributed by atoms with Crippen LogP contribution in [0.5, 0.6) is 0 Å². The number of halogens is 1. The Morgan fingerprint density at radius 1 is 1.30 bits per heavy atom. The molecule has 2 aromatic carbocycles. The van der Waals surface area contributed by atoms with E-state index in [1.54, 1.807) is 0 Å². The summed E-state index contributed by atoms with van der Waals surface area (Å²) in [4.78, 5) is 11.4. The first-order valence-corrected chi connectivity index (χ1v) is 7.21. The lowest BCUT2D eigenvalue weighted by molar-refractivity contribution is -0.115. The van der Waals surface area contributed by atoms with Crippen molar-refractivity contribution >= 4 is 27.5 Å². The van der Waals surface area contributed by atoms with Gasteiger partial charge in [-0.3, -0.25) is 4.79 Å². The van der Waals surface area contributed by atoms with E-state index in [1.807, 2.05) is 43.3 Å². The predicted molar refractivity (Wildman–Crippen MR) is 81.7 cm³/mol. The van der Waals surface area contributed by atoms with Crippen molar-refractivity contribution in [2.75, 3.05) is 5.32 Å². The maximum Gasteiger partial charge on any atom is 0.228 e. The number of fused-ring (bicyclic) bond motifs is 1. The number of aliphatic hydroxyl groups is 1. The second-order valence-electron chi connectivity index (χ2n) is 5.02. The lowest BCUT2D eigenvalue weighted by Crippen LogP contribution is -2.03. The first kappa shape index (κ1) is 13.3. The van der Waals surface area contributed by atoms with Crippen LogP contribution < -0.4 is 5.32 Å². The number of hydrogen-bond acceptors (Lipinski definition) is 2. The van der Waals surface area contributed by atoms with Gasteiger partial charge in [-0.15, -0.1) is 0 Å². The summed E-state index contributed by atoms with van der Waals surface area (Å²) >= 11 is 3.52. The minimum atomic E-state index is -0.703. The summed E-state index contributed by atoms with van der Waals surface area (Å²) < 4.78 is 0.919. The fourth-order valence-corrected chi connectivity index (χ4v) is 2.96. The third-order valence-electron chi connectivity index (χ3n) is 3.59. The molecule has 0 fully saturated rings. The average molecular weight is 332 g/mol. The molecule has 1 heterocycles. The molecule has 20 heavy (non-hydrogen) atoms. The van der Waals surface area contributed by atoms with Crippen molar-refractivity contribution in [2.24, 2.45) is 0 Å². The second-order valence-corrected chi connectivity index (χ2v) is 5.82. The zero-order valence-electron chi connectivity index (χ0n) is 11.0. The molecule has 1 unspecified atom stereocenters. The summed E-state index contributed by atoms with van der Waals surface area (Å²) in [6.45, 7) is 1.99. The van der Waals surface area contributed by atoms with Crippen molar-refractivity contribution in [2.45, 2.75) is 19.4 Å². The fraction of sp³-hybridized carbons (Fsp3) is 0.188. The summed E-state index contributed by atoms with van der Waals surface area (Å²) in [5.74, 6) is 0.00313. The highest BCUT2D eigenvalue weighted by Gasteiger charge is 2.21. The van der Waals surface area contributed by atoms with E-state index in [9.17, 15) is 9.90 Å². The quantitative estimate of drug-likeness (QED) is 0.886. The van der Waals surface area contributed by atoms with Crippen molar-refractivity contribution in [3.05, 3.63) is 63.1 Å². The summed E-state index contributed by atoms with van der Waals surface area (Å²) in [5.41, 5.74) is 4.50. The lowest BCUT2D eigenvalue weighted by Gasteiger charge is -2.15. The molecule has 2 N–H and O–H groups in total. The van der Waals surface area contributed by atoms with Gasteiger partial charge in [0.1, 0.15) is 6.10 Å². The second kappa shape index (κ2) is 5.04. The highest BCUT2D eigenvalue weighted by molar-refractivity contribution is 9.10. The van der Waals surface area contributed by atoms with Gasteiger partial charge in [-0.05, 0) is 35.2 Å². The van der Waals surface area contributed by atoms with Gasteiger partial charge in [0.2, 0.25) is 5.91 Å². The van der Waals surface area contributed by atoms with E-state index >= 15 is 0 Å². The number of carbonyl (C=O) groups excluding carboxylic acids is 1. The predicted octanol–water partition coefficient (Wildman–Crippen LogP) is 3.33. The Kier molecular flexibility index (Phi) is 3.36. The molecule has 102 valence electrons. The van der Waals surface area contributed by atoms with Gasteiger partial charge >= 0.3 is 0 Å². The molecule has 0 bridgehead atoms. The number of nitrogens with one attached hydrogen (secondary N) is 1. The minimum Gasteiger partial charge on any atom is -0.384 e. The van der Waals surface area contributed by atoms with Crippen molar-refractivity contribution in [3.63, 3.8) is 0 Å². The highest BCUT2D eigenvalue weighted by Crippen LogP contribution is 2.33. The smallest absolute Gasteiger partial charge is 0.228 e. The maximum absolute atomic E-state index is 11.4. The van der Waals surface area contributed by atoms with Crippen LogP contribution in [0.25, 0.3) is 0 Å². The monoisotopic (exact) mass is 331 g/mol. The van der Waals surface area contributed by atoms with Crippen LogP contribution in [0.2, 0.25) is 0 Å². The van der Waals surface area contributed by atoms with Crippen molar-refractivity contribution < 1.29 is 9.90 Å². The molecule has 4 heteroatoms. The van der Waals surface area contributed by atoms with Gasteiger partial charge in [0, 0.05) is 10.2 Å². The number of anilines is 1. The molecule has 1 atom stereocenters. The van der Waals surface area contributed by atoms with Crippen molar-refractivity contribution in [1.29, 1.82) is 0 Å². The summed E-state index contributed by atoms with van der Waals surface area (Å²) in [5, 5.41) is 13.4. The fourth-order valence-electron chi connectivity index (χ4n) is 2.48. The van der Waals surface area contributed by atoms with E-state index < -0.39 is 6.10 Å². The van der Waals surface area contributed by atoms with E-state index in [1.165, 1.54) is 0 Å². The van der Waals surface area contributed by atoms with E-state index in [-0.39, 0.29) is 5.91 Å². The Morgan fingerprint density at radius 3 is 2.90 bits per heavy atom. The van der Waals surface area contributed by atoms with Gasteiger partial charge in [-0.2, -0.15) is 0 Å². The Bertz CT molecular complexity index is 697. The van der Waals surface area contributed by atoms with Gasteiger partial charge in [0.15, 0.2) is 0 Å². The van der Waals surface area contributed by atoms with Gasteiger partial charge in [0.05, 0.1) is 6.42 Å². The van der Waals surface area contributed by atoms with Crippen LogP contribution in [-0.4, -0.2) is 11.0 Å². The zero-order chi connectivity index (χ0) is 14.3. The molecular formula is C16H14BrNO2. The van der Waals surface area contributed by atoms with Crippen LogP contribution in [0.15, 0.2) is 40.9 Å². The van der Waals surface area contributed by atoms with Crippen LogP contribution >= 0.6 is 15.9 Å². The Morgan fingerprint density at radius 2 is 2.10 bits per heavy atom. The standard InChI is InChI=1S/C16H14BrNO2/c1-9-3-2-4-12(15(9)17)16(20)10-5-6-13-11(7-10)8-14(19)18-13/h2-7,16,20H,8H2,1H3,(H,18,19). The Balaban J connectivity index is 1.99. The molecule has 3 rings (SSSR count). The number of benzene rings is 2. The molecule has 2 aromatic rings. The van der Waals surface area contributed by atoms with Gasteiger partial charge in [0.25, 0.3) is 0 Å². The topological polar surface area (TPSA) is 49.3 Å². The molecule has 0 spiro atoms. The van der Waals surface area contributed by atoms with Crippen molar-refractivity contribution in [1.82, 2.24) is 0 Å². The van der Waals surface area contributed by atoms with E-state index in [4.69, 9.17) is 0 Å². The summed E-state index contributed by atoms with van der Waals surface area (Å²) in [6.07, 6.45) is -0.324. The van der Waals surface area contributed by atoms with Crippen molar-refractivity contribution in [3.8, 4) is 0 Å². The molecule has 0 aromatic heterocycles. The first-order valence-electron chi connectivity index (χ1n) is 6.42. The lowest BCUT2D eigenvalue weighted by atomic mass is 9.97. The molecule has 0 radical (unpaired) electrons. The third kappa shape index (κ3) is 2.25. The number of carbonyl (C=O) groups is 1. The first-order chi connectivity index (χ1) is 9.56. The van der Waals surface area contributed by atoms with Gasteiger partial charge < -0.3 is 10.4 Å². The molecule has 1 aliphatic rings. The average Bonchev–Trinajstić information content (AvgIpc) is 2.80. The van der Waals surface area contributed by atoms with Gasteiger partial charge in [-0.1, -0.05) is 46.3 Å². The number of hydrogen-bond donors (Lipinski definition) is 2. The molecule has 1 amide bonds. The van der Waals surface area contributed by atoms with E-state index in [0.29, 0.717) is 6.42 Å². The number of rotatable bonds is 2. The molecule has 0 saturated carbocycles. The van der Waals surface area contributed by atoms with Crippen LogP contribution in [-0.2, 0) is 11.2 Å². The number of aliphatic hydroxyl groups excluding tert-OH is 1. The van der Waals surface area contributed by atoms with E-state index in [0.717, 1.165) is 32.4 Å². The Hall–Kier alpha value is -1.65. The molecule has 0 aliphatic carbocycles.